The summed E-state index contributed by atoms with van der Waals surface area (Å²) in [4.78, 5) is 20.7. The van der Waals surface area contributed by atoms with Crippen molar-refractivity contribution < 1.29 is 14.6 Å². The lowest BCUT2D eigenvalue weighted by Gasteiger charge is -2.16. The smallest absolute Gasteiger partial charge is 0.228 e. The molecule has 3 N–H and O–H groups in total. The summed E-state index contributed by atoms with van der Waals surface area (Å²) in [5, 5.41) is 43.8. The minimum absolute atomic E-state index is 0.181. The van der Waals surface area contributed by atoms with Gasteiger partial charge in [-0.3, -0.25) is 14.9 Å². The summed E-state index contributed by atoms with van der Waals surface area (Å²) in [6, 6.07) is 19.0. The first kappa shape index (κ1) is 29.0. The third kappa shape index (κ3) is 5.29. The van der Waals surface area contributed by atoms with Gasteiger partial charge in [0.2, 0.25) is 5.89 Å². The molecule has 226 valence electrons. The molecule has 0 amide bonds. The van der Waals surface area contributed by atoms with Crippen LogP contribution in [0.3, 0.4) is 0 Å². The van der Waals surface area contributed by atoms with Crippen molar-refractivity contribution in [3.8, 4) is 34.8 Å². The summed E-state index contributed by atoms with van der Waals surface area (Å²) in [7, 11) is 0. The molecule has 4 aromatic heterocycles. The minimum atomic E-state index is -0.269. The first-order chi connectivity index (χ1) is 22.4. The molecule has 2 aromatic carbocycles. The molecule has 5 heterocycles. The van der Waals surface area contributed by atoms with E-state index in [-0.39, 0.29) is 35.3 Å². The Kier molecular flexibility index (Phi) is 7.56. The molecule has 0 radical (unpaired) electrons. The Balaban J connectivity index is 1.23. The van der Waals surface area contributed by atoms with E-state index in [4.69, 9.17) is 9.40 Å². The summed E-state index contributed by atoms with van der Waals surface area (Å²) in [6.07, 6.45) is 5.72. The van der Waals surface area contributed by atoms with Crippen LogP contribution in [0.5, 0.6) is 0 Å². The summed E-state index contributed by atoms with van der Waals surface area (Å²) < 4.78 is 6.00. The number of aliphatic hydroxyl groups excluding tert-OH is 2. The number of hydrogen-bond donors (Lipinski definition) is 3. The van der Waals surface area contributed by atoms with Crippen molar-refractivity contribution in [1.29, 1.82) is 10.5 Å². The van der Waals surface area contributed by atoms with Crippen LogP contribution in [0, 0.1) is 29.6 Å². The summed E-state index contributed by atoms with van der Waals surface area (Å²) in [5.74, 6) is 0.783. The lowest BCUT2D eigenvalue weighted by atomic mass is 9.97. The Morgan fingerprint density at radius 3 is 2.67 bits per heavy atom. The fourth-order valence-electron chi connectivity index (χ4n) is 5.99. The molecule has 1 aliphatic rings. The number of nitrogens with one attached hydrogen (secondary N) is 1. The number of nitrogens with zero attached hydrogens (tertiary/aromatic N) is 7. The van der Waals surface area contributed by atoms with Gasteiger partial charge in [0.05, 0.1) is 35.1 Å². The summed E-state index contributed by atoms with van der Waals surface area (Å²) in [6.45, 7) is 3.97. The third-order valence-corrected chi connectivity index (χ3v) is 8.30. The van der Waals surface area contributed by atoms with Gasteiger partial charge in [-0.25, -0.2) is 9.97 Å². The average Bonchev–Trinajstić information content (AvgIpc) is 3.70. The Morgan fingerprint density at radius 1 is 1.02 bits per heavy atom. The molecule has 11 heteroatoms. The van der Waals surface area contributed by atoms with Crippen molar-refractivity contribution in [2.24, 2.45) is 0 Å². The van der Waals surface area contributed by atoms with Gasteiger partial charge in [0.25, 0.3) is 0 Å². The zero-order chi connectivity index (χ0) is 31.8. The highest BCUT2D eigenvalue weighted by atomic mass is 16.3. The largest absolute Gasteiger partial charge is 0.435 e. The number of pyridine rings is 3. The quantitative estimate of drug-likeness (QED) is 0.213. The van der Waals surface area contributed by atoms with Crippen molar-refractivity contribution in [2.75, 3.05) is 18.4 Å². The number of anilines is 2. The molecule has 6 aromatic rings. The van der Waals surface area contributed by atoms with Gasteiger partial charge in [-0.05, 0) is 66.4 Å². The Hall–Kier alpha value is -5.72. The maximum Gasteiger partial charge on any atom is 0.228 e. The van der Waals surface area contributed by atoms with Crippen molar-refractivity contribution in [2.45, 2.75) is 32.6 Å². The highest BCUT2D eigenvalue weighted by molar-refractivity contribution is 5.91. The molecule has 1 saturated heterocycles. The number of β-amino-alcohol motifs (C(OH)–C–C–N with tert-alkyl or cyclic N) is 1. The highest BCUT2D eigenvalue weighted by Crippen LogP contribution is 2.36. The van der Waals surface area contributed by atoms with E-state index in [9.17, 15) is 20.7 Å². The van der Waals surface area contributed by atoms with E-state index in [0.29, 0.717) is 34.7 Å². The number of nitriles is 2. The fourth-order valence-corrected chi connectivity index (χ4v) is 5.99. The van der Waals surface area contributed by atoms with E-state index >= 15 is 0 Å². The lowest BCUT2D eigenvalue weighted by Crippen LogP contribution is -2.21. The molecule has 0 aliphatic carbocycles. The highest BCUT2D eigenvalue weighted by Gasteiger charge is 2.22. The third-order valence-electron chi connectivity index (χ3n) is 8.30. The first-order valence-electron chi connectivity index (χ1n) is 14.8. The van der Waals surface area contributed by atoms with Crippen LogP contribution in [-0.4, -0.2) is 54.2 Å². The van der Waals surface area contributed by atoms with Crippen LogP contribution in [-0.2, 0) is 13.2 Å². The number of likely N-dealkylation sites (tertiary alicyclic amines) is 1. The molecule has 1 aliphatic heterocycles. The van der Waals surface area contributed by atoms with Gasteiger partial charge >= 0.3 is 0 Å². The van der Waals surface area contributed by atoms with Crippen LogP contribution < -0.4 is 5.32 Å². The molecule has 0 bridgehead atoms. The van der Waals surface area contributed by atoms with E-state index in [1.165, 1.54) is 0 Å². The molecule has 11 nitrogen and oxygen atoms in total. The number of aromatic nitrogens is 4. The predicted molar refractivity (Wildman–Crippen MR) is 171 cm³/mol. The van der Waals surface area contributed by atoms with Gasteiger partial charge in [0.1, 0.15) is 23.2 Å². The van der Waals surface area contributed by atoms with Gasteiger partial charge in [-0.15, -0.1) is 0 Å². The second-order valence-corrected chi connectivity index (χ2v) is 11.3. The zero-order valence-electron chi connectivity index (χ0n) is 24.9. The Labute approximate surface area is 264 Å². The number of oxazole rings is 1. The van der Waals surface area contributed by atoms with E-state index in [1.54, 1.807) is 30.6 Å². The molecule has 0 spiro atoms. The van der Waals surface area contributed by atoms with Crippen LogP contribution in [0.1, 0.15) is 34.2 Å². The average molecular weight is 609 g/mol. The molecular weight excluding hydrogens is 580 g/mol. The Bertz CT molecular complexity index is 2220. The van der Waals surface area contributed by atoms with Gasteiger partial charge in [-0.2, -0.15) is 10.5 Å². The maximum absolute atomic E-state index is 10.3. The number of hydrogen-bond acceptors (Lipinski definition) is 11. The molecule has 46 heavy (non-hydrogen) atoms. The zero-order valence-corrected chi connectivity index (χ0v) is 24.9. The molecule has 7 rings (SSSR count). The van der Waals surface area contributed by atoms with E-state index in [1.807, 2.05) is 37.4 Å². The molecule has 0 saturated carbocycles. The molecule has 1 atom stereocenters. The standard InChI is InChI=1S/C35H28N8O3/c1-20-26(32-28(15-37)27(6-9-38-32)35-42-30-13-21(19-44)11-24(14-36)33(30)46-35)3-2-4-29(20)41-34-31-23(5-8-39-34)12-22(16-40-31)17-43-10-7-25(45)18-43/h2-6,8-9,11-13,16,25,44-45H,7,10,17-19H2,1H3,(H,39,41)/t25-/m1/s1. The first-order valence-corrected chi connectivity index (χ1v) is 14.8. The number of benzene rings is 2. The van der Waals surface area contributed by atoms with E-state index < -0.39 is 0 Å². The van der Waals surface area contributed by atoms with Gasteiger partial charge in [-0.1, -0.05) is 12.1 Å². The van der Waals surface area contributed by atoms with Crippen molar-refractivity contribution >= 4 is 33.5 Å². The normalized spacial score (nSPS) is 14.8. The summed E-state index contributed by atoms with van der Waals surface area (Å²) >= 11 is 0. The van der Waals surface area contributed by atoms with E-state index in [0.717, 1.165) is 52.8 Å². The topological polar surface area (TPSA) is 168 Å². The number of fused-ring (bicyclic) bond motifs is 2. The Morgan fingerprint density at radius 2 is 1.89 bits per heavy atom. The van der Waals surface area contributed by atoms with Gasteiger partial charge in [0, 0.05) is 54.9 Å². The van der Waals surface area contributed by atoms with Crippen LogP contribution in [0.4, 0.5) is 11.5 Å². The predicted octanol–water partition coefficient (Wildman–Crippen LogP) is 5.35. The van der Waals surface area contributed by atoms with Crippen LogP contribution in [0.25, 0.3) is 44.7 Å². The second-order valence-electron chi connectivity index (χ2n) is 11.3. The van der Waals surface area contributed by atoms with Gasteiger partial charge < -0.3 is 19.9 Å². The molecule has 1 fully saturated rings. The monoisotopic (exact) mass is 608 g/mol. The van der Waals surface area contributed by atoms with Crippen LogP contribution in [0.2, 0.25) is 0 Å². The maximum atomic E-state index is 10.3. The lowest BCUT2D eigenvalue weighted by molar-refractivity contribution is 0.175. The molecule has 0 unspecified atom stereocenters. The van der Waals surface area contributed by atoms with Crippen molar-refractivity contribution in [3.05, 3.63) is 94.9 Å². The van der Waals surface area contributed by atoms with Crippen LogP contribution >= 0.6 is 0 Å². The minimum Gasteiger partial charge on any atom is -0.435 e. The van der Waals surface area contributed by atoms with Crippen molar-refractivity contribution in [3.63, 3.8) is 0 Å². The van der Waals surface area contributed by atoms with Crippen molar-refractivity contribution in [1.82, 2.24) is 24.8 Å². The van der Waals surface area contributed by atoms with E-state index in [2.05, 4.69) is 43.4 Å². The number of rotatable bonds is 7. The fraction of sp³-hybridized carbons (Fsp3) is 0.200. The van der Waals surface area contributed by atoms with Crippen LogP contribution in [0.15, 0.2) is 71.5 Å². The number of aliphatic hydroxyl groups is 2. The SMILES string of the molecule is Cc1c(Nc2nccc3cc(CN4CC[C@@H](O)C4)cnc23)cccc1-c1nccc(-c2nc3cc(CO)cc(C#N)c3o2)c1C#N. The molecular formula is C35H28N8O3. The summed E-state index contributed by atoms with van der Waals surface area (Å²) in [5.41, 5.74) is 6.85. The second kappa shape index (κ2) is 12.0. The van der Waals surface area contributed by atoms with Gasteiger partial charge in [0.15, 0.2) is 11.4 Å².